The fourth-order valence-corrected chi connectivity index (χ4v) is 2.61. The Balaban J connectivity index is 2.22. The maximum absolute atomic E-state index is 12.1. The van der Waals surface area contributed by atoms with Crippen molar-refractivity contribution in [3.8, 4) is 0 Å². The summed E-state index contributed by atoms with van der Waals surface area (Å²) in [5.41, 5.74) is 0.897. The highest BCUT2D eigenvalue weighted by Crippen LogP contribution is 2.45. The molecule has 0 aromatic carbocycles. The minimum atomic E-state index is -0.257. The van der Waals surface area contributed by atoms with Crippen molar-refractivity contribution in [2.24, 2.45) is 11.3 Å². The summed E-state index contributed by atoms with van der Waals surface area (Å²) in [4.78, 5) is 12.1. The average molecular weight is 224 g/mol. The van der Waals surface area contributed by atoms with Gasteiger partial charge in [-0.15, -0.1) is 0 Å². The molecular formula is C13H20O3. The van der Waals surface area contributed by atoms with Gasteiger partial charge in [0.25, 0.3) is 0 Å². The highest BCUT2D eigenvalue weighted by atomic mass is 16.7. The molecule has 0 N–H and O–H groups in total. The van der Waals surface area contributed by atoms with E-state index in [-0.39, 0.29) is 23.4 Å². The molecule has 0 unspecified atom stereocenters. The average Bonchev–Trinajstić information content (AvgIpc) is 2.41. The van der Waals surface area contributed by atoms with Crippen LogP contribution in [-0.2, 0) is 14.3 Å². The van der Waals surface area contributed by atoms with Gasteiger partial charge in [-0.2, -0.15) is 0 Å². The maximum atomic E-state index is 12.1. The molecule has 3 nitrogen and oxygen atoms in total. The van der Waals surface area contributed by atoms with E-state index in [2.05, 4.69) is 13.8 Å². The third-order valence-electron chi connectivity index (χ3n) is 3.33. The lowest BCUT2D eigenvalue weighted by atomic mass is 9.75. The second kappa shape index (κ2) is 3.88. The van der Waals surface area contributed by atoms with E-state index in [1.165, 1.54) is 0 Å². The van der Waals surface area contributed by atoms with Gasteiger partial charge < -0.3 is 9.47 Å². The molecule has 0 saturated carbocycles. The van der Waals surface area contributed by atoms with Gasteiger partial charge in [-0.3, -0.25) is 4.79 Å². The molecule has 2 aliphatic rings. The number of ether oxygens (including phenoxy) is 2. The molecule has 0 saturated heterocycles. The monoisotopic (exact) mass is 224 g/mol. The first-order valence-corrected chi connectivity index (χ1v) is 5.99. The molecule has 16 heavy (non-hydrogen) atoms. The predicted octanol–water partition coefficient (Wildman–Crippen LogP) is 2.66. The van der Waals surface area contributed by atoms with Gasteiger partial charge in [0.1, 0.15) is 5.76 Å². The molecular weight excluding hydrogens is 204 g/mol. The van der Waals surface area contributed by atoms with Crippen molar-refractivity contribution >= 4 is 5.78 Å². The summed E-state index contributed by atoms with van der Waals surface area (Å²) < 4.78 is 11.3. The zero-order valence-corrected chi connectivity index (χ0v) is 10.5. The van der Waals surface area contributed by atoms with Crippen LogP contribution in [0.1, 0.15) is 40.5 Å². The van der Waals surface area contributed by atoms with Crippen LogP contribution in [0.4, 0.5) is 0 Å². The van der Waals surface area contributed by atoms with Gasteiger partial charge in [0, 0.05) is 25.0 Å². The first-order valence-electron chi connectivity index (χ1n) is 5.99. The topological polar surface area (TPSA) is 35.5 Å². The number of allylic oxidation sites excluding steroid dienone is 1. The Morgan fingerprint density at radius 3 is 2.75 bits per heavy atom. The van der Waals surface area contributed by atoms with Crippen LogP contribution in [0.3, 0.4) is 0 Å². The Morgan fingerprint density at radius 2 is 2.12 bits per heavy atom. The molecule has 0 aromatic heterocycles. The molecule has 0 radical (unpaired) electrons. The van der Waals surface area contributed by atoms with E-state index in [1.807, 2.05) is 13.8 Å². The van der Waals surface area contributed by atoms with Crippen molar-refractivity contribution in [1.29, 1.82) is 0 Å². The van der Waals surface area contributed by atoms with Crippen molar-refractivity contribution in [2.75, 3.05) is 6.61 Å². The van der Waals surface area contributed by atoms with Gasteiger partial charge in [-0.25, -0.2) is 0 Å². The summed E-state index contributed by atoms with van der Waals surface area (Å²) in [5, 5.41) is 0. The van der Waals surface area contributed by atoms with E-state index >= 15 is 0 Å². The third kappa shape index (κ3) is 1.88. The highest BCUT2D eigenvalue weighted by molar-refractivity contribution is 5.98. The van der Waals surface area contributed by atoms with Crippen LogP contribution < -0.4 is 0 Å². The smallest absolute Gasteiger partial charge is 0.206 e. The minimum Gasteiger partial charge on any atom is -0.468 e. The van der Waals surface area contributed by atoms with Crippen LogP contribution in [0, 0.1) is 11.3 Å². The summed E-state index contributed by atoms with van der Waals surface area (Å²) in [6, 6.07) is 0. The number of Topliss-reactive ketones (excluding diaryl/α,β-unsaturated/α-hetero) is 1. The minimum absolute atomic E-state index is 0.0245. The number of ketones is 1. The number of carbonyl (C=O) groups is 1. The van der Waals surface area contributed by atoms with Gasteiger partial charge in [0.2, 0.25) is 6.29 Å². The van der Waals surface area contributed by atoms with Crippen LogP contribution in [0.5, 0.6) is 0 Å². The Bertz CT molecular complexity index is 341. The van der Waals surface area contributed by atoms with Crippen molar-refractivity contribution in [3.63, 3.8) is 0 Å². The number of hydrogen-bond donors (Lipinski definition) is 0. The largest absolute Gasteiger partial charge is 0.468 e. The standard InChI is InChI=1S/C13H20O3/c1-5-15-12-8(2)11-9(14)6-13(3,4)7-10(11)16-12/h8,12H,5-7H2,1-4H3/t8-,12+/m1/s1. The second-order valence-corrected chi connectivity index (χ2v) is 5.51. The Hall–Kier alpha value is -0.830. The number of hydrogen-bond acceptors (Lipinski definition) is 3. The number of rotatable bonds is 2. The summed E-state index contributed by atoms with van der Waals surface area (Å²) in [5.74, 6) is 1.19. The molecule has 3 heteroatoms. The zero-order valence-electron chi connectivity index (χ0n) is 10.5. The summed E-state index contributed by atoms with van der Waals surface area (Å²) in [6.07, 6.45) is 1.22. The van der Waals surface area contributed by atoms with E-state index in [1.54, 1.807) is 0 Å². The Labute approximate surface area is 96.8 Å². The van der Waals surface area contributed by atoms with Crippen molar-refractivity contribution in [3.05, 3.63) is 11.3 Å². The fraction of sp³-hybridized carbons (Fsp3) is 0.769. The van der Waals surface area contributed by atoms with E-state index < -0.39 is 0 Å². The third-order valence-corrected chi connectivity index (χ3v) is 3.33. The summed E-state index contributed by atoms with van der Waals surface area (Å²) in [6.45, 7) is 8.79. The van der Waals surface area contributed by atoms with E-state index in [9.17, 15) is 4.79 Å². The Kier molecular flexibility index (Phi) is 2.82. The lowest BCUT2D eigenvalue weighted by Crippen LogP contribution is -2.26. The van der Waals surface area contributed by atoms with Gasteiger partial charge in [0.05, 0.1) is 5.92 Å². The predicted molar refractivity (Wildman–Crippen MR) is 60.7 cm³/mol. The van der Waals surface area contributed by atoms with Crippen LogP contribution in [0.25, 0.3) is 0 Å². The Morgan fingerprint density at radius 1 is 1.44 bits per heavy atom. The van der Waals surface area contributed by atoms with Crippen LogP contribution in [0.15, 0.2) is 11.3 Å². The molecule has 0 fully saturated rings. The zero-order chi connectivity index (χ0) is 11.9. The van der Waals surface area contributed by atoms with Gasteiger partial charge in [-0.1, -0.05) is 20.8 Å². The van der Waals surface area contributed by atoms with E-state index in [0.29, 0.717) is 13.0 Å². The molecule has 1 aliphatic carbocycles. The first kappa shape index (κ1) is 11.6. The van der Waals surface area contributed by atoms with Crippen molar-refractivity contribution in [1.82, 2.24) is 0 Å². The van der Waals surface area contributed by atoms with Crippen LogP contribution in [-0.4, -0.2) is 18.7 Å². The molecule has 0 aromatic rings. The molecule has 1 heterocycles. The summed E-state index contributed by atoms with van der Waals surface area (Å²) >= 11 is 0. The lowest BCUT2D eigenvalue weighted by molar-refractivity contribution is -0.121. The molecule has 90 valence electrons. The van der Waals surface area contributed by atoms with Crippen LogP contribution in [0.2, 0.25) is 0 Å². The van der Waals surface area contributed by atoms with Crippen molar-refractivity contribution in [2.45, 2.75) is 46.8 Å². The fourth-order valence-electron chi connectivity index (χ4n) is 2.61. The quantitative estimate of drug-likeness (QED) is 0.723. The molecule has 0 amide bonds. The summed E-state index contributed by atoms with van der Waals surface area (Å²) in [7, 11) is 0. The van der Waals surface area contributed by atoms with Gasteiger partial charge in [0.15, 0.2) is 5.78 Å². The molecule has 1 aliphatic heterocycles. The maximum Gasteiger partial charge on any atom is 0.206 e. The highest BCUT2D eigenvalue weighted by Gasteiger charge is 2.44. The van der Waals surface area contributed by atoms with E-state index in [0.717, 1.165) is 17.8 Å². The second-order valence-electron chi connectivity index (χ2n) is 5.51. The van der Waals surface area contributed by atoms with Crippen molar-refractivity contribution < 1.29 is 14.3 Å². The number of carbonyl (C=O) groups excluding carboxylic acids is 1. The van der Waals surface area contributed by atoms with Gasteiger partial charge in [-0.05, 0) is 12.3 Å². The molecule has 2 atom stereocenters. The first-order chi connectivity index (χ1) is 7.44. The van der Waals surface area contributed by atoms with E-state index in [4.69, 9.17) is 9.47 Å². The SMILES string of the molecule is CCO[C@H]1OC2=C(C(=O)CC(C)(C)C2)[C@H]1C. The normalized spacial score (nSPS) is 32.6. The molecule has 0 bridgehead atoms. The van der Waals surface area contributed by atoms with Crippen LogP contribution >= 0.6 is 0 Å². The van der Waals surface area contributed by atoms with Gasteiger partial charge >= 0.3 is 0 Å². The molecule has 2 rings (SSSR count). The molecule has 0 spiro atoms. The lowest BCUT2D eigenvalue weighted by Gasteiger charge is -2.28.